The molecular weight excluding hydrogens is 236 g/mol. The van der Waals surface area contributed by atoms with Crippen LogP contribution in [0.15, 0.2) is 18.2 Å². The zero-order chi connectivity index (χ0) is 13.1. The van der Waals surface area contributed by atoms with E-state index < -0.39 is 11.6 Å². The van der Waals surface area contributed by atoms with Gasteiger partial charge in [0.15, 0.2) is 11.6 Å². The number of halogens is 2. The van der Waals surface area contributed by atoms with Crippen molar-refractivity contribution >= 4 is 5.78 Å². The number of Topliss-reactive ketones (excluding diaryl/α,β-unsaturated/α-hetero) is 1. The van der Waals surface area contributed by atoms with Crippen LogP contribution in [0.3, 0.4) is 0 Å². The molecule has 0 aliphatic heterocycles. The van der Waals surface area contributed by atoms with Crippen molar-refractivity contribution in [1.82, 2.24) is 0 Å². The average Bonchev–Trinajstić information content (AvgIpc) is 2.83. The van der Waals surface area contributed by atoms with E-state index in [1.54, 1.807) is 0 Å². The summed E-state index contributed by atoms with van der Waals surface area (Å²) in [5.74, 6) is -1.71. The summed E-state index contributed by atoms with van der Waals surface area (Å²) in [6, 6.07) is 3.94. The zero-order valence-corrected chi connectivity index (χ0v) is 10.2. The van der Waals surface area contributed by atoms with Crippen LogP contribution in [-0.2, 0) is 11.2 Å². The maximum absolute atomic E-state index is 13.5. The predicted molar refractivity (Wildman–Crippen MR) is 65.0 cm³/mol. The van der Waals surface area contributed by atoms with Crippen LogP contribution in [-0.4, -0.2) is 12.3 Å². The summed E-state index contributed by atoms with van der Waals surface area (Å²) in [5.41, 5.74) is 5.76. The molecule has 1 aromatic carbocycles. The van der Waals surface area contributed by atoms with E-state index in [9.17, 15) is 13.6 Å². The maximum atomic E-state index is 13.5. The molecule has 18 heavy (non-hydrogen) atoms. The molecule has 2 nitrogen and oxygen atoms in total. The van der Waals surface area contributed by atoms with Gasteiger partial charge in [-0.1, -0.05) is 18.6 Å². The van der Waals surface area contributed by atoms with Gasteiger partial charge in [-0.15, -0.1) is 0 Å². The lowest BCUT2D eigenvalue weighted by Gasteiger charge is -2.16. The van der Waals surface area contributed by atoms with Crippen LogP contribution in [0.25, 0.3) is 0 Å². The molecule has 1 aromatic rings. The van der Waals surface area contributed by atoms with Gasteiger partial charge in [-0.25, -0.2) is 8.78 Å². The van der Waals surface area contributed by atoms with Crippen LogP contribution in [0.4, 0.5) is 8.78 Å². The molecule has 1 fully saturated rings. The number of carbonyl (C=O) groups excluding carboxylic acids is 1. The predicted octanol–water partition coefficient (Wildman–Crippen LogP) is 2.45. The number of hydrogen-bond acceptors (Lipinski definition) is 2. The van der Waals surface area contributed by atoms with Crippen molar-refractivity contribution in [1.29, 1.82) is 0 Å². The fraction of sp³-hybridized carbons (Fsp3) is 0.500. The molecule has 2 rings (SSSR count). The number of nitrogens with two attached hydrogens (primary N) is 1. The standard InChI is InChI=1S/C14H17F2NO/c15-12-6-2-3-9(14(12)16)7-13(18)11-5-1-4-10(11)8-17/h2-3,6,10-11H,1,4-5,7-8,17H2. The number of ketones is 1. The molecule has 0 heterocycles. The number of rotatable bonds is 4. The van der Waals surface area contributed by atoms with Crippen molar-refractivity contribution in [2.45, 2.75) is 25.7 Å². The Morgan fingerprint density at radius 1 is 1.33 bits per heavy atom. The molecule has 2 N–H and O–H groups in total. The van der Waals surface area contributed by atoms with E-state index in [0.29, 0.717) is 6.54 Å². The monoisotopic (exact) mass is 253 g/mol. The van der Waals surface area contributed by atoms with E-state index in [-0.39, 0.29) is 29.6 Å². The molecule has 2 atom stereocenters. The average molecular weight is 253 g/mol. The molecule has 4 heteroatoms. The number of benzene rings is 1. The van der Waals surface area contributed by atoms with Gasteiger partial charge in [0.2, 0.25) is 0 Å². The van der Waals surface area contributed by atoms with Crippen LogP contribution in [0.1, 0.15) is 24.8 Å². The molecule has 2 unspecified atom stereocenters. The summed E-state index contributed by atoms with van der Waals surface area (Å²) in [5, 5.41) is 0. The summed E-state index contributed by atoms with van der Waals surface area (Å²) < 4.78 is 26.5. The van der Waals surface area contributed by atoms with Gasteiger partial charge in [0, 0.05) is 12.3 Å². The number of hydrogen-bond donors (Lipinski definition) is 1. The van der Waals surface area contributed by atoms with Crippen molar-refractivity contribution in [2.75, 3.05) is 6.54 Å². The van der Waals surface area contributed by atoms with Gasteiger partial charge >= 0.3 is 0 Å². The highest BCUT2D eigenvalue weighted by Crippen LogP contribution is 2.32. The second-order valence-electron chi connectivity index (χ2n) is 4.89. The molecule has 1 aliphatic rings. The first-order valence-corrected chi connectivity index (χ1v) is 6.29. The smallest absolute Gasteiger partial charge is 0.162 e. The molecule has 0 aromatic heterocycles. The van der Waals surface area contributed by atoms with E-state index in [4.69, 9.17) is 5.73 Å². The maximum Gasteiger partial charge on any atom is 0.162 e. The Bertz CT molecular complexity index is 447. The fourth-order valence-corrected chi connectivity index (χ4v) is 2.75. The molecule has 98 valence electrons. The topological polar surface area (TPSA) is 43.1 Å². The summed E-state index contributed by atoms with van der Waals surface area (Å²) in [6.45, 7) is 0.488. The third-order valence-electron chi connectivity index (χ3n) is 3.77. The van der Waals surface area contributed by atoms with Crippen molar-refractivity contribution in [3.8, 4) is 0 Å². The van der Waals surface area contributed by atoms with Gasteiger partial charge < -0.3 is 5.73 Å². The van der Waals surface area contributed by atoms with Gasteiger partial charge in [-0.2, -0.15) is 0 Å². The van der Waals surface area contributed by atoms with Crippen LogP contribution in [0.2, 0.25) is 0 Å². The van der Waals surface area contributed by atoms with Crippen LogP contribution >= 0.6 is 0 Å². The second-order valence-corrected chi connectivity index (χ2v) is 4.89. The molecule has 0 radical (unpaired) electrons. The minimum atomic E-state index is -0.909. The molecule has 0 saturated heterocycles. The van der Waals surface area contributed by atoms with Gasteiger partial charge in [-0.05, 0) is 36.9 Å². The second kappa shape index (κ2) is 5.57. The lowest BCUT2D eigenvalue weighted by molar-refractivity contribution is -0.123. The largest absolute Gasteiger partial charge is 0.330 e. The summed E-state index contributed by atoms with van der Waals surface area (Å²) in [7, 11) is 0. The first-order chi connectivity index (χ1) is 8.63. The van der Waals surface area contributed by atoms with Crippen LogP contribution in [0.5, 0.6) is 0 Å². The Hall–Kier alpha value is -1.29. The Labute approximate surface area is 105 Å². The van der Waals surface area contributed by atoms with Gasteiger partial charge in [0.1, 0.15) is 5.78 Å². The summed E-state index contributed by atoms with van der Waals surface area (Å²) >= 11 is 0. The molecule has 0 spiro atoms. The van der Waals surface area contributed by atoms with Gasteiger partial charge in [-0.3, -0.25) is 4.79 Å². The highest BCUT2D eigenvalue weighted by atomic mass is 19.2. The minimum Gasteiger partial charge on any atom is -0.330 e. The normalized spacial score (nSPS) is 23.3. The van der Waals surface area contributed by atoms with Crippen molar-refractivity contribution in [3.05, 3.63) is 35.4 Å². The molecular formula is C14H17F2NO. The quantitative estimate of drug-likeness (QED) is 0.895. The third kappa shape index (κ3) is 2.58. The Morgan fingerprint density at radius 3 is 2.83 bits per heavy atom. The lowest BCUT2D eigenvalue weighted by atomic mass is 9.89. The third-order valence-corrected chi connectivity index (χ3v) is 3.77. The zero-order valence-electron chi connectivity index (χ0n) is 10.2. The molecule has 1 saturated carbocycles. The van der Waals surface area contributed by atoms with Crippen molar-refractivity contribution in [2.24, 2.45) is 17.6 Å². The Balaban J connectivity index is 2.09. The van der Waals surface area contributed by atoms with Gasteiger partial charge in [0.05, 0.1) is 0 Å². The first kappa shape index (κ1) is 13.1. The summed E-state index contributed by atoms with van der Waals surface area (Å²) in [6.07, 6.45) is 2.73. The Kier molecular flexibility index (Phi) is 4.07. The molecule has 1 aliphatic carbocycles. The van der Waals surface area contributed by atoms with Crippen LogP contribution < -0.4 is 5.73 Å². The van der Waals surface area contributed by atoms with E-state index in [1.165, 1.54) is 12.1 Å². The Morgan fingerprint density at radius 2 is 2.11 bits per heavy atom. The number of carbonyl (C=O) groups is 1. The van der Waals surface area contributed by atoms with Crippen molar-refractivity contribution in [3.63, 3.8) is 0 Å². The summed E-state index contributed by atoms with van der Waals surface area (Å²) in [4.78, 5) is 12.1. The minimum absolute atomic E-state index is 0.0209. The van der Waals surface area contributed by atoms with Gasteiger partial charge in [0.25, 0.3) is 0 Å². The van der Waals surface area contributed by atoms with E-state index in [2.05, 4.69) is 0 Å². The van der Waals surface area contributed by atoms with Crippen molar-refractivity contribution < 1.29 is 13.6 Å². The molecule has 0 bridgehead atoms. The fourth-order valence-electron chi connectivity index (χ4n) is 2.75. The van der Waals surface area contributed by atoms with E-state index >= 15 is 0 Å². The highest BCUT2D eigenvalue weighted by Gasteiger charge is 2.31. The first-order valence-electron chi connectivity index (χ1n) is 6.29. The van der Waals surface area contributed by atoms with E-state index in [1.807, 2.05) is 0 Å². The highest BCUT2D eigenvalue weighted by molar-refractivity contribution is 5.83. The SMILES string of the molecule is NCC1CCCC1C(=O)Cc1cccc(F)c1F. The lowest BCUT2D eigenvalue weighted by Crippen LogP contribution is -2.26. The van der Waals surface area contributed by atoms with Crippen LogP contribution in [0, 0.1) is 23.5 Å². The van der Waals surface area contributed by atoms with E-state index in [0.717, 1.165) is 25.3 Å². The molecule has 0 amide bonds.